The number of fused-ring (bicyclic) bond motifs is 1. The van der Waals surface area contributed by atoms with Gasteiger partial charge in [0.1, 0.15) is 5.82 Å². The van der Waals surface area contributed by atoms with Gasteiger partial charge in [-0.25, -0.2) is 4.98 Å². The van der Waals surface area contributed by atoms with Crippen LogP contribution in [0.4, 0.5) is 5.82 Å². The molecule has 3 unspecified atom stereocenters. The lowest BCUT2D eigenvalue weighted by atomic mass is 9.80. The Morgan fingerprint density at radius 3 is 2.03 bits per heavy atom. The van der Waals surface area contributed by atoms with Gasteiger partial charge in [0.15, 0.2) is 0 Å². The SMILES string of the molecule is OC(c1ccccc1)C(c1cnc2ccccc2c1)C(Nc1ccccn1)c1ccccc1. The van der Waals surface area contributed by atoms with Crippen LogP contribution in [0.5, 0.6) is 0 Å². The Kier molecular flexibility index (Phi) is 6.09. The molecule has 162 valence electrons. The second-order valence-electron chi connectivity index (χ2n) is 8.09. The second-order valence-corrected chi connectivity index (χ2v) is 8.09. The van der Waals surface area contributed by atoms with Crippen molar-refractivity contribution in [2.24, 2.45) is 0 Å². The average Bonchev–Trinajstić information content (AvgIpc) is 2.90. The fraction of sp³-hybridized carbons (Fsp3) is 0.103. The van der Waals surface area contributed by atoms with Crippen molar-refractivity contribution in [1.29, 1.82) is 0 Å². The smallest absolute Gasteiger partial charge is 0.126 e. The summed E-state index contributed by atoms with van der Waals surface area (Å²) in [6, 6.07) is 35.8. The van der Waals surface area contributed by atoms with E-state index in [1.165, 1.54) is 0 Å². The zero-order valence-corrected chi connectivity index (χ0v) is 18.1. The summed E-state index contributed by atoms with van der Waals surface area (Å²) >= 11 is 0. The molecular formula is C29H25N3O. The number of aromatic nitrogens is 2. The molecule has 0 fully saturated rings. The van der Waals surface area contributed by atoms with E-state index in [4.69, 9.17) is 4.98 Å². The maximum absolute atomic E-state index is 11.7. The predicted molar refractivity (Wildman–Crippen MR) is 133 cm³/mol. The molecule has 2 N–H and O–H groups in total. The lowest BCUT2D eigenvalue weighted by Gasteiger charge is -2.33. The molecule has 3 atom stereocenters. The van der Waals surface area contributed by atoms with E-state index in [9.17, 15) is 5.11 Å². The van der Waals surface area contributed by atoms with Crippen molar-refractivity contribution >= 4 is 16.7 Å². The first kappa shape index (κ1) is 20.9. The van der Waals surface area contributed by atoms with E-state index in [0.29, 0.717) is 0 Å². The van der Waals surface area contributed by atoms with Crippen LogP contribution in [-0.4, -0.2) is 15.1 Å². The molecule has 0 spiro atoms. The summed E-state index contributed by atoms with van der Waals surface area (Å²) in [6.07, 6.45) is 2.90. The fourth-order valence-corrected chi connectivity index (χ4v) is 4.33. The quantitative estimate of drug-likeness (QED) is 0.317. The van der Waals surface area contributed by atoms with Gasteiger partial charge in [-0.05, 0) is 41.0 Å². The fourth-order valence-electron chi connectivity index (χ4n) is 4.33. The summed E-state index contributed by atoms with van der Waals surface area (Å²) in [5, 5.41) is 16.4. The van der Waals surface area contributed by atoms with E-state index in [1.54, 1.807) is 6.20 Å². The van der Waals surface area contributed by atoms with Gasteiger partial charge in [-0.3, -0.25) is 4.98 Å². The van der Waals surface area contributed by atoms with Crippen LogP contribution in [0.15, 0.2) is 122 Å². The minimum atomic E-state index is -0.754. The predicted octanol–water partition coefficient (Wildman–Crippen LogP) is 6.30. The van der Waals surface area contributed by atoms with Crippen LogP contribution >= 0.6 is 0 Å². The van der Waals surface area contributed by atoms with Crippen LogP contribution in [-0.2, 0) is 0 Å². The lowest BCUT2D eigenvalue weighted by Crippen LogP contribution is -2.25. The normalized spacial score (nSPS) is 13.8. The first-order chi connectivity index (χ1) is 16.3. The number of pyridine rings is 2. The summed E-state index contributed by atoms with van der Waals surface area (Å²) in [7, 11) is 0. The second kappa shape index (κ2) is 9.63. The lowest BCUT2D eigenvalue weighted by molar-refractivity contribution is 0.135. The van der Waals surface area contributed by atoms with Crippen LogP contribution in [0.25, 0.3) is 10.9 Å². The molecule has 0 saturated heterocycles. The van der Waals surface area contributed by atoms with E-state index in [0.717, 1.165) is 33.4 Å². The molecule has 2 aromatic heterocycles. The topological polar surface area (TPSA) is 58.0 Å². The third kappa shape index (κ3) is 4.61. The number of hydrogen-bond acceptors (Lipinski definition) is 4. The van der Waals surface area contributed by atoms with Gasteiger partial charge in [-0.2, -0.15) is 0 Å². The summed E-state index contributed by atoms with van der Waals surface area (Å²) in [5.74, 6) is 0.444. The molecular weight excluding hydrogens is 406 g/mol. The summed E-state index contributed by atoms with van der Waals surface area (Å²) in [5.41, 5.74) is 3.82. The number of rotatable bonds is 7. The highest BCUT2D eigenvalue weighted by Crippen LogP contribution is 2.42. The molecule has 0 radical (unpaired) electrons. The van der Waals surface area contributed by atoms with Crippen molar-refractivity contribution in [2.75, 3.05) is 5.32 Å². The van der Waals surface area contributed by atoms with Gasteiger partial charge in [0.25, 0.3) is 0 Å². The number of nitrogens with zero attached hydrogens (tertiary/aromatic N) is 2. The molecule has 0 aliphatic rings. The molecule has 3 aromatic carbocycles. The molecule has 4 nitrogen and oxygen atoms in total. The van der Waals surface area contributed by atoms with Crippen molar-refractivity contribution in [2.45, 2.75) is 18.1 Å². The van der Waals surface area contributed by atoms with E-state index in [1.807, 2.05) is 91.1 Å². The summed E-state index contributed by atoms with van der Waals surface area (Å²) < 4.78 is 0. The van der Waals surface area contributed by atoms with Gasteiger partial charge >= 0.3 is 0 Å². The van der Waals surface area contributed by atoms with Crippen molar-refractivity contribution in [3.63, 3.8) is 0 Å². The molecule has 5 aromatic rings. The third-order valence-corrected chi connectivity index (χ3v) is 5.96. The van der Waals surface area contributed by atoms with Gasteiger partial charge in [-0.1, -0.05) is 84.9 Å². The van der Waals surface area contributed by atoms with Gasteiger partial charge in [0.2, 0.25) is 0 Å². The van der Waals surface area contributed by atoms with Gasteiger partial charge in [0.05, 0.1) is 17.7 Å². The monoisotopic (exact) mass is 431 g/mol. The minimum absolute atomic E-state index is 0.237. The molecule has 4 heteroatoms. The molecule has 0 amide bonds. The maximum Gasteiger partial charge on any atom is 0.126 e. The van der Waals surface area contributed by atoms with Crippen molar-refractivity contribution < 1.29 is 5.11 Å². The summed E-state index contributed by atoms with van der Waals surface area (Å²) in [4.78, 5) is 9.20. The first-order valence-electron chi connectivity index (χ1n) is 11.1. The van der Waals surface area contributed by atoms with Gasteiger partial charge in [0, 0.05) is 23.7 Å². The highest BCUT2D eigenvalue weighted by Gasteiger charge is 2.33. The zero-order valence-electron chi connectivity index (χ0n) is 18.1. The first-order valence-corrected chi connectivity index (χ1v) is 11.1. The number of benzene rings is 3. The van der Waals surface area contributed by atoms with E-state index in [2.05, 4.69) is 34.6 Å². The van der Waals surface area contributed by atoms with Crippen molar-refractivity contribution in [3.05, 3.63) is 138 Å². The average molecular weight is 432 g/mol. The Morgan fingerprint density at radius 2 is 1.30 bits per heavy atom. The van der Waals surface area contributed by atoms with Crippen LogP contribution in [0.2, 0.25) is 0 Å². The molecule has 5 rings (SSSR count). The Morgan fingerprint density at radius 1 is 0.636 bits per heavy atom. The number of aliphatic hydroxyl groups excluding tert-OH is 1. The van der Waals surface area contributed by atoms with Crippen LogP contribution in [0, 0.1) is 0 Å². The highest BCUT2D eigenvalue weighted by molar-refractivity contribution is 5.79. The number of hydrogen-bond donors (Lipinski definition) is 2. The van der Waals surface area contributed by atoms with Crippen molar-refractivity contribution in [1.82, 2.24) is 9.97 Å². The van der Waals surface area contributed by atoms with Crippen LogP contribution in [0.1, 0.15) is 34.8 Å². The third-order valence-electron chi connectivity index (χ3n) is 5.96. The van der Waals surface area contributed by atoms with E-state index in [-0.39, 0.29) is 12.0 Å². The molecule has 0 bridgehead atoms. The van der Waals surface area contributed by atoms with E-state index < -0.39 is 6.10 Å². The standard InChI is InChI=1S/C29H25N3O/c33-29(22-13-5-2-6-14-22)27(24-19-23-15-7-8-16-25(23)31-20-24)28(21-11-3-1-4-12-21)32-26-17-9-10-18-30-26/h1-20,27-29,33H,(H,30,32). The largest absolute Gasteiger partial charge is 0.388 e. The Labute approximate surface area is 193 Å². The summed E-state index contributed by atoms with van der Waals surface area (Å²) in [6.45, 7) is 0. The van der Waals surface area contributed by atoms with Crippen molar-refractivity contribution in [3.8, 4) is 0 Å². The minimum Gasteiger partial charge on any atom is -0.388 e. The van der Waals surface area contributed by atoms with Crippen LogP contribution < -0.4 is 5.32 Å². The Hall–Kier alpha value is -4.02. The zero-order chi connectivity index (χ0) is 22.5. The number of nitrogens with one attached hydrogen (secondary N) is 1. The maximum atomic E-state index is 11.7. The van der Waals surface area contributed by atoms with E-state index >= 15 is 0 Å². The molecule has 0 saturated carbocycles. The number of para-hydroxylation sites is 1. The Balaban J connectivity index is 1.66. The van der Waals surface area contributed by atoms with Gasteiger partial charge in [-0.15, -0.1) is 0 Å². The molecule has 0 aliphatic carbocycles. The molecule has 2 heterocycles. The molecule has 33 heavy (non-hydrogen) atoms. The number of aliphatic hydroxyl groups is 1. The highest BCUT2D eigenvalue weighted by atomic mass is 16.3. The van der Waals surface area contributed by atoms with Gasteiger partial charge < -0.3 is 10.4 Å². The number of anilines is 1. The van der Waals surface area contributed by atoms with Crippen LogP contribution in [0.3, 0.4) is 0 Å². The molecule has 0 aliphatic heterocycles. The Bertz CT molecular complexity index is 1310.